The maximum absolute atomic E-state index is 13.3. The van der Waals surface area contributed by atoms with E-state index >= 15 is 0 Å². The zero-order valence-corrected chi connectivity index (χ0v) is 17.4. The fraction of sp³-hybridized carbons (Fsp3) is 0.500. The van der Waals surface area contributed by atoms with Crippen LogP contribution in [0.15, 0.2) is 35.6 Å². The molecule has 10 heteroatoms. The van der Waals surface area contributed by atoms with Gasteiger partial charge < -0.3 is 25.0 Å². The summed E-state index contributed by atoms with van der Waals surface area (Å²) in [5.74, 6) is -2.76. The van der Waals surface area contributed by atoms with Gasteiger partial charge in [0.05, 0.1) is 23.6 Å². The van der Waals surface area contributed by atoms with Crippen LogP contribution < -0.4 is 10.9 Å². The summed E-state index contributed by atoms with van der Waals surface area (Å²) < 4.78 is 1.54. The second-order valence-electron chi connectivity index (χ2n) is 8.78. The van der Waals surface area contributed by atoms with E-state index in [0.29, 0.717) is 16.8 Å². The number of amides is 2. The number of aromatic nitrogens is 3. The summed E-state index contributed by atoms with van der Waals surface area (Å²) in [5.41, 5.74) is 1.16. The SMILES string of the molecule is O=C(O)[C@H]1[C@H](CO)[C@H]2Cn3c(ccc(-c4cncnc4)c3=O)[C@@H]1N2C(=O)NC1CCCC1. The molecular weight excluding hydrogens is 414 g/mol. The van der Waals surface area contributed by atoms with E-state index in [-0.39, 0.29) is 30.8 Å². The number of carbonyl (C=O) groups excluding carboxylic acids is 1. The lowest BCUT2D eigenvalue weighted by Crippen LogP contribution is -2.53. The van der Waals surface area contributed by atoms with Crippen molar-refractivity contribution in [1.29, 1.82) is 0 Å². The summed E-state index contributed by atoms with van der Waals surface area (Å²) in [6.07, 6.45) is 8.39. The molecule has 10 nitrogen and oxygen atoms in total. The number of hydrogen-bond donors (Lipinski definition) is 3. The Balaban J connectivity index is 1.59. The summed E-state index contributed by atoms with van der Waals surface area (Å²) in [7, 11) is 0. The maximum atomic E-state index is 13.3. The standard InChI is InChI=1S/C22H25N5O5/c28-10-15-17-9-26-16(6-5-14(20(26)29)12-7-23-11-24-8-12)19(18(15)21(30)31)27(17)22(32)25-13-3-1-2-4-13/h5-8,11,13,15,17-19,28H,1-4,9-10H2,(H,25,32)(H,30,31)/t15-,17-,18+,19+/m1/s1. The molecule has 2 amide bonds. The van der Waals surface area contributed by atoms with E-state index in [1.165, 1.54) is 6.33 Å². The molecule has 2 bridgehead atoms. The van der Waals surface area contributed by atoms with Gasteiger partial charge in [0.1, 0.15) is 6.33 Å². The molecule has 1 saturated heterocycles. The average Bonchev–Trinajstić information content (AvgIpc) is 3.38. The molecule has 5 rings (SSSR count). The highest BCUT2D eigenvalue weighted by Gasteiger charge is 2.58. The Kier molecular flexibility index (Phi) is 5.16. The molecular formula is C22H25N5O5. The number of fused-ring (bicyclic) bond motifs is 4. The van der Waals surface area contributed by atoms with E-state index in [4.69, 9.17) is 0 Å². The van der Waals surface area contributed by atoms with Crippen molar-refractivity contribution < 1.29 is 19.8 Å². The number of pyridine rings is 1. The van der Waals surface area contributed by atoms with Crippen molar-refractivity contribution in [3.8, 4) is 11.1 Å². The lowest BCUT2D eigenvalue weighted by atomic mass is 9.87. The molecule has 2 aromatic heterocycles. The van der Waals surface area contributed by atoms with Gasteiger partial charge in [0.15, 0.2) is 0 Å². The van der Waals surface area contributed by atoms with Crippen molar-refractivity contribution in [3.05, 3.63) is 46.9 Å². The molecule has 0 unspecified atom stereocenters. The van der Waals surface area contributed by atoms with Crippen LogP contribution in [0.1, 0.15) is 37.4 Å². The number of aliphatic hydroxyl groups is 1. The number of carbonyl (C=O) groups is 2. The number of urea groups is 1. The van der Waals surface area contributed by atoms with E-state index in [1.54, 1.807) is 34.0 Å². The largest absolute Gasteiger partial charge is 0.481 e. The highest BCUT2D eigenvalue weighted by molar-refractivity contribution is 5.80. The van der Waals surface area contributed by atoms with Crippen molar-refractivity contribution in [2.45, 2.75) is 50.4 Å². The third-order valence-electron chi connectivity index (χ3n) is 7.12. The number of nitrogens with one attached hydrogen (secondary N) is 1. The van der Waals surface area contributed by atoms with E-state index in [2.05, 4.69) is 15.3 Å². The Morgan fingerprint density at radius 3 is 2.53 bits per heavy atom. The maximum Gasteiger partial charge on any atom is 0.318 e. The Hall–Kier alpha value is -3.27. The molecule has 0 spiro atoms. The average molecular weight is 439 g/mol. The molecule has 3 N–H and O–H groups in total. The lowest BCUT2D eigenvalue weighted by molar-refractivity contribution is -0.144. The fourth-order valence-electron chi connectivity index (χ4n) is 5.64. The van der Waals surface area contributed by atoms with Gasteiger partial charge in [-0.25, -0.2) is 14.8 Å². The molecule has 168 valence electrons. The molecule has 0 aromatic carbocycles. The first-order valence-corrected chi connectivity index (χ1v) is 10.9. The monoisotopic (exact) mass is 439 g/mol. The topological polar surface area (TPSA) is 138 Å². The van der Waals surface area contributed by atoms with Crippen LogP contribution in [-0.4, -0.2) is 60.3 Å². The Morgan fingerprint density at radius 1 is 1.16 bits per heavy atom. The van der Waals surface area contributed by atoms with Gasteiger partial charge in [-0.1, -0.05) is 12.8 Å². The normalized spacial score (nSPS) is 26.7. The number of aliphatic carboxylic acids is 1. The zero-order valence-electron chi connectivity index (χ0n) is 17.4. The van der Waals surface area contributed by atoms with Gasteiger partial charge in [0.2, 0.25) is 0 Å². The van der Waals surface area contributed by atoms with Crippen molar-refractivity contribution in [3.63, 3.8) is 0 Å². The molecule has 3 aliphatic rings. The smallest absolute Gasteiger partial charge is 0.318 e. The first kappa shape index (κ1) is 20.6. The summed E-state index contributed by atoms with van der Waals surface area (Å²) in [6, 6.07) is 1.65. The van der Waals surface area contributed by atoms with Crippen LogP contribution in [0.4, 0.5) is 4.79 Å². The van der Waals surface area contributed by atoms with Crippen LogP contribution in [0, 0.1) is 11.8 Å². The van der Waals surface area contributed by atoms with Crippen molar-refractivity contribution in [2.75, 3.05) is 6.61 Å². The molecule has 1 saturated carbocycles. The van der Waals surface area contributed by atoms with Gasteiger partial charge in [-0.15, -0.1) is 0 Å². The Morgan fingerprint density at radius 2 is 1.88 bits per heavy atom. The first-order valence-electron chi connectivity index (χ1n) is 10.9. The predicted octanol–water partition coefficient (Wildman–Crippen LogP) is 1.01. The molecule has 32 heavy (non-hydrogen) atoms. The fourth-order valence-corrected chi connectivity index (χ4v) is 5.64. The van der Waals surface area contributed by atoms with Gasteiger partial charge >= 0.3 is 12.0 Å². The quantitative estimate of drug-likeness (QED) is 0.646. The number of carboxylic acids is 1. The Labute approximate surface area is 183 Å². The predicted molar refractivity (Wildman–Crippen MR) is 113 cm³/mol. The van der Waals surface area contributed by atoms with Crippen LogP contribution in [0.5, 0.6) is 0 Å². The highest BCUT2D eigenvalue weighted by atomic mass is 16.4. The highest BCUT2D eigenvalue weighted by Crippen LogP contribution is 2.48. The zero-order chi connectivity index (χ0) is 22.4. The summed E-state index contributed by atoms with van der Waals surface area (Å²) in [6.45, 7) is -0.257. The van der Waals surface area contributed by atoms with Crippen LogP contribution in [0.3, 0.4) is 0 Å². The molecule has 2 aliphatic heterocycles. The summed E-state index contributed by atoms with van der Waals surface area (Å²) >= 11 is 0. The minimum atomic E-state index is -1.09. The van der Waals surface area contributed by atoms with Crippen molar-refractivity contribution >= 4 is 12.0 Å². The third-order valence-corrected chi connectivity index (χ3v) is 7.12. The minimum absolute atomic E-state index is 0.0716. The van der Waals surface area contributed by atoms with Gasteiger partial charge in [0, 0.05) is 48.8 Å². The molecule has 4 heterocycles. The van der Waals surface area contributed by atoms with Gasteiger partial charge in [-0.2, -0.15) is 0 Å². The molecule has 0 radical (unpaired) electrons. The number of rotatable bonds is 4. The second kappa shape index (κ2) is 8.01. The van der Waals surface area contributed by atoms with E-state index in [9.17, 15) is 24.6 Å². The lowest BCUT2D eigenvalue weighted by Gasteiger charge is -2.38. The van der Waals surface area contributed by atoms with Gasteiger partial charge in [0.25, 0.3) is 5.56 Å². The molecule has 1 aliphatic carbocycles. The molecule has 4 atom stereocenters. The van der Waals surface area contributed by atoms with Crippen molar-refractivity contribution in [1.82, 2.24) is 24.8 Å². The molecule has 2 fully saturated rings. The number of nitrogens with zero attached hydrogens (tertiary/aromatic N) is 4. The second-order valence-corrected chi connectivity index (χ2v) is 8.78. The van der Waals surface area contributed by atoms with Crippen LogP contribution in [0.25, 0.3) is 11.1 Å². The molecule has 2 aromatic rings. The number of aliphatic hydroxyl groups excluding tert-OH is 1. The van der Waals surface area contributed by atoms with Crippen LogP contribution >= 0.6 is 0 Å². The summed E-state index contributed by atoms with van der Waals surface area (Å²) in [4.78, 5) is 48.3. The van der Waals surface area contributed by atoms with Gasteiger partial charge in [-0.05, 0) is 25.0 Å². The van der Waals surface area contributed by atoms with Crippen molar-refractivity contribution in [2.24, 2.45) is 11.8 Å². The Bertz CT molecular complexity index is 1100. The first-order chi connectivity index (χ1) is 15.5. The van der Waals surface area contributed by atoms with Crippen LogP contribution in [0.2, 0.25) is 0 Å². The van der Waals surface area contributed by atoms with Crippen LogP contribution in [-0.2, 0) is 11.3 Å². The van der Waals surface area contributed by atoms with Gasteiger partial charge in [-0.3, -0.25) is 9.59 Å². The van der Waals surface area contributed by atoms with E-state index in [1.807, 2.05) is 0 Å². The number of carboxylic acid groups (broad SMARTS) is 1. The van der Waals surface area contributed by atoms with E-state index < -0.39 is 29.9 Å². The summed E-state index contributed by atoms with van der Waals surface area (Å²) in [5, 5.41) is 23.1. The van der Waals surface area contributed by atoms with E-state index in [0.717, 1.165) is 25.7 Å². The minimum Gasteiger partial charge on any atom is -0.481 e. The number of hydrogen-bond acceptors (Lipinski definition) is 6. The third kappa shape index (κ3) is 3.17.